The molecule has 1 aromatic carbocycles. The van der Waals surface area contributed by atoms with E-state index in [9.17, 15) is 5.26 Å². The second kappa shape index (κ2) is 5.75. The first-order valence-electron chi connectivity index (χ1n) is 5.39. The Morgan fingerprint density at radius 3 is 2.68 bits per heavy atom. The van der Waals surface area contributed by atoms with Crippen LogP contribution >= 0.6 is 23.2 Å². The predicted octanol–water partition coefficient (Wildman–Crippen LogP) is 3.74. The van der Waals surface area contributed by atoms with Crippen LogP contribution in [-0.4, -0.2) is 4.98 Å². The van der Waals surface area contributed by atoms with Crippen LogP contribution in [0, 0.1) is 11.3 Å². The molecule has 94 valence electrons. The topological polar surface area (TPSA) is 62.7 Å². The lowest BCUT2D eigenvalue weighted by atomic mass is 10.0. The molecule has 0 radical (unpaired) electrons. The number of nitrogens with two attached hydrogens (primary N) is 1. The largest absolute Gasteiger partial charge is 0.397 e. The smallest absolute Gasteiger partial charge is 0.102 e. The van der Waals surface area contributed by atoms with E-state index in [4.69, 9.17) is 28.9 Å². The molecule has 3 nitrogen and oxygen atoms in total. The molecule has 0 aliphatic rings. The van der Waals surface area contributed by atoms with Gasteiger partial charge in [0.15, 0.2) is 0 Å². The van der Waals surface area contributed by atoms with Crippen molar-refractivity contribution in [2.75, 3.05) is 0 Å². The SMILES string of the molecule is N#C/C(=C(/N)c1cc(Cl)ccc1Cl)c1cccnc1. The van der Waals surface area contributed by atoms with E-state index in [1.165, 1.54) is 0 Å². The lowest BCUT2D eigenvalue weighted by Crippen LogP contribution is -2.01. The lowest BCUT2D eigenvalue weighted by molar-refractivity contribution is 1.31. The van der Waals surface area contributed by atoms with Gasteiger partial charge in [0.05, 0.1) is 16.3 Å². The fourth-order valence-electron chi connectivity index (χ4n) is 1.63. The predicted molar refractivity (Wildman–Crippen MR) is 77.3 cm³/mol. The first-order chi connectivity index (χ1) is 9.13. The molecule has 0 unspecified atom stereocenters. The standard InChI is InChI=1S/C14H9Cl2N3/c15-10-3-4-13(16)11(6-10)14(18)12(7-17)9-2-1-5-19-8-9/h1-6,8H,18H2/b14-12-. The molecule has 5 heteroatoms. The van der Waals surface area contributed by atoms with Crippen molar-refractivity contribution in [2.45, 2.75) is 0 Å². The third kappa shape index (κ3) is 2.87. The number of aromatic nitrogens is 1. The molecule has 0 spiro atoms. The zero-order chi connectivity index (χ0) is 13.8. The molecular weight excluding hydrogens is 281 g/mol. The monoisotopic (exact) mass is 289 g/mol. The lowest BCUT2D eigenvalue weighted by Gasteiger charge is -2.08. The Kier molecular flexibility index (Phi) is 4.06. The molecule has 0 aliphatic heterocycles. The van der Waals surface area contributed by atoms with Gasteiger partial charge in [0, 0.05) is 28.5 Å². The van der Waals surface area contributed by atoms with Gasteiger partial charge in [-0.2, -0.15) is 5.26 Å². The molecule has 1 heterocycles. The molecule has 0 bridgehead atoms. The van der Waals surface area contributed by atoms with Gasteiger partial charge in [0.2, 0.25) is 0 Å². The first-order valence-corrected chi connectivity index (χ1v) is 6.14. The van der Waals surface area contributed by atoms with E-state index in [1.807, 2.05) is 0 Å². The van der Waals surface area contributed by atoms with E-state index in [0.29, 0.717) is 26.7 Å². The third-order valence-electron chi connectivity index (χ3n) is 2.55. The van der Waals surface area contributed by atoms with Gasteiger partial charge in [-0.15, -0.1) is 0 Å². The first kappa shape index (κ1) is 13.4. The Hall–Kier alpha value is -2.02. The van der Waals surface area contributed by atoms with Gasteiger partial charge in [-0.1, -0.05) is 29.3 Å². The Labute approximate surface area is 120 Å². The van der Waals surface area contributed by atoms with E-state index in [2.05, 4.69) is 11.1 Å². The van der Waals surface area contributed by atoms with E-state index >= 15 is 0 Å². The van der Waals surface area contributed by atoms with E-state index < -0.39 is 0 Å². The summed E-state index contributed by atoms with van der Waals surface area (Å²) in [5, 5.41) is 10.2. The van der Waals surface area contributed by atoms with Gasteiger partial charge in [-0.05, 0) is 24.3 Å². The Morgan fingerprint density at radius 2 is 2.05 bits per heavy atom. The summed E-state index contributed by atoms with van der Waals surface area (Å²) in [7, 11) is 0. The third-order valence-corrected chi connectivity index (χ3v) is 3.11. The van der Waals surface area contributed by atoms with E-state index in [1.54, 1.807) is 42.7 Å². The second-order valence-electron chi connectivity index (χ2n) is 3.77. The molecule has 0 aliphatic carbocycles. The van der Waals surface area contributed by atoms with Crippen molar-refractivity contribution in [2.24, 2.45) is 5.73 Å². The van der Waals surface area contributed by atoms with Gasteiger partial charge < -0.3 is 5.73 Å². The van der Waals surface area contributed by atoms with Crippen molar-refractivity contribution in [3.63, 3.8) is 0 Å². The summed E-state index contributed by atoms with van der Waals surface area (Å²) in [6, 6.07) is 10.5. The van der Waals surface area contributed by atoms with Crippen molar-refractivity contribution in [3.05, 3.63) is 63.9 Å². The Morgan fingerprint density at radius 1 is 1.26 bits per heavy atom. The highest BCUT2D eigenvalue weighted by molar-refractivity contribution is 6.34. The summed E-state index contributed by atoms with van der Waals surface area (Å²) < 4.78 is 0. The molecule has 0 saturated heterocycles. The van der Waals surface area contributed by atoms with E-state index in [-0.39, 0.29) is 5.70 Å². The summed E-state index contributed by atoms with van der Waals surface area (Å²) in [6.07, 6.45) is 3.20. The maximum atomic E-state index is 9.28. The Bertz CT molecular complexity index is 673. The van der Waals surface area contributed by atoms with Gasteiger partial charge in [-0.25, -0.2) is 0 Å². The zero-order valence-corrected chi connectivity index (χ0v) is 11.3. The van der Waals surface area contributed by atoms with E-state index in [0.717, 1.165) is 0 Å². The van der Waals surface area contributed by atoms with Gasteiger partial charge in [-0.3, -0.25) is 4.98 Å². The number of allylic oxidation sites excluding steroid dienone is 1. The molecule has 0 atom stereocenters. The molecule has 19 heavy (non-hydrogen) atoms. The zero-order valence-electron chi connectivity index (χ0n) is 9.77. The van der Waals surface area contributed by atoms with Crippen LogP contribution in [-0.2, 0) is 0 Å². The highest BCUT2D eigenvalue weighted by Crippen LogP contribution is 2.29. The maximum Gasteiger partial charge on any atom is 0.102 e. The molecule has 0 fully saturated rings. The molecule has 2 N–H and O–H groups in total. The number of pyridine rings is 1. The molecule has 2 aromatic rings. The number of halogens is 2. The molecule has 0 amide bonds. The number of hydrogen-bond donors (Lipinski definition) is 1. The van der Waals surface area contributed by atoms with Gasteiger partial charge >= 0.3 is 0 Å². The summed E-state index contributed by atoms with van der Waals surface area (Å²) in [6.45, 7) is 0. The van der Waals surface area contributed by atoms with Crippen LogP contribution in [0.4, 0.5) is 0 Å². The van der Waals surface area contributed by atoms with Crippen LogP contribution in [0.5, 0.6) is 0 Å². The van der Waals surface area contributed by atoms with Crippen LogP contribution in [0.25, 0.3) is 11.3 Å². The van der Waals surface area contributed by atoms with Crippen LogP contribution in [0.1, 0.15) is 11.1 Å². The van der Waals surface area contributed by atoms with Crippen LogP contribution in [0.2, 0.25) is 10.0 Å². The van der Waals surface area contributed by atoms with Crippen molar-refractivity contribution in [1.82, 2.24) is 4.98 Å². The van der Waals surface area contributed by atoms with Crippen molar-refractivity contribution in [1.29, 1.82) is 5.26 Å². The summed E-state index contributed by atoms with van der Waals surface area (Å²) in [4.78, 5) is 3.97. The van der Waals surface area contributed by atoms with Crippen molar-refractivity contribution < 1.29 is 0 Å². The number of nitriles is 1. The summed E-state index contributed by atoms with van der Waals surface area (Å²) in [5.74, 6) is 0. The number of benzene rings is 1. The Balaban J connectivity index is 2.62. The van der Waals surface area contributed by atoms with Crippen molar-refractivity contribution in [3.8, 4) is 6.07 Å². The normalized spacial score (nSPS) is 11.6. The molecule has 1 aromatic heterocycles. The molecular formula is C14H9Cl2N3. The van der Waals surface area contributed by atoms with Crippen LogP contribution < -0.4 is 5.73 Å². The molecule has 2 rings (SSSR count). The number of rotatable bonds is 2. The quantitative estimate of drug-likeness (QED) is 0.857. The van der Waals surface area contributed by atoms with Crippen molar-refractivity contribution >= 4 is 34.5 Å². The molecule has 0 saturated carbocycles. The minimum Gasteiger partial charge on any atom is -0.397 e. The van der Waals surface area contributed by atoms with Gasteiger partial charge in [0.1, 0.15) is 6.07 Å². The number of nitrogens with zero attached hydrogens (tertiary/aromatic N) is 2. The minimum absolute atomic E-state index is 0.281. The fourth-order valence-corrected chi connectivity index (χ4v) is 2.02. The highest BCUT2D eigenvalue weighted by Gasteiger charge is 2.12. The van der Waals surface area contributed by atoms with Crippen LogP contribution in [0.15, 0.2) is 42.7 Å². The average Bonchev–Trinajstić information content (AvgIpc) is 2.43. The highest BCUT2D eigenvalue weighted by atomic mass is 35.5. The summed E-state index contributed by atoms with van der Waals surface area (Å²) in [5.41, 5.74) is 7.81. The number of hydrogen-bond acceptors (Lipinski definition) is 3. The minimum atomic E-state index is 0.281. The summed E-state index contributed by atoms with van der Waals surface area (Å²) >= 11 is 12.0. The maximum absolute atomic E-state index is 9.28. The average molecular weight is 290 g/mol. The van der Waals surface area contributed by atoms with Gasteiger partial charge in [0.25, 0.3) is 0 Å². The second-order valence-corrected chi connectivity index (χ2v) is 4.61. The van der Waals surface area contributed by atoms with Crippen LogP contribution in [0.3, 0.4) is 0 Å². The fraction of sp³-hybridized carbons (Fsp3) is 0.